The maximum atomic E-state index is 11.1. The molecule has 1 unspecified atom stereocenters. The summed E-state index contributed by atoms with van der Waals surface area (Å²) in [6, 6.07) is -0.605. The van der Waals surface area contributed by atoms with Crippen molar-refractivity contribution in [3.8, 4) is 0 Å². The molecule has 1 saturated heterocycles. The van der Waals surface area contributed by atoms with Crippen LogP contribution in [0, 0.1) is 0 Å². The average Bonchev–Trinajstić information content (AvgIpc) is 2.06. The van der Waals surface area contributed by atoms with Crippen LogP contribution in [-0.4, -0.2) is 57.6 Å². The molecule has 2 amide bonds. The highest BCUT2D eigenvalue weighted by Crippen LogP contribution is 2.04. The van der Waals surface area contributed by atoms with E-state index in [9.17, 15) is 4.79 Å². The fourth-order valence-corrected chi connectivity index (χ4v) is 0.904. The van der Waals surface area contributed by atoms with E-state index in [1.807, 2.05) is 0 Å². The van der Waals surface area contributed by atoms with E-state index < -0.39 is 25.8 Å². The van der Waals surface area contributed by atoms with Crippen LogP contribution in [0.15, 0.2) is 0 Å². The average molecular weight is 177 g/mol. The largest absolute Gasteiger partial charge is 0.376 e. The van der Waals surface area contributed by atoms with E-state index in [4.69, 9.17) is 15.3 Å². The topological polar surface area (TPSA) is 96.3 Å². The van der Waals surface area contributed by atoms with Crippen LogP contribution in [0.1, 0.15) is 0 Å². The molecule has 0 spiro atoms. The van der Waals surface area contributed by atoms with Crippen molar-refractivity contribution < 1.29 is 20.1 Å². The van der Waals surface area contributed by atoms with Crippen molar-refractivity contribution >= 4 is 6.03 Å². The Kier molecular flexibility index (Phi) is 2.82. The zero-order chi connectivity index (χ0) is 9.14. The minimum atomic E-state index is -1.19. The molecule has 0 aromatic carbocycles. The molecule has 1 fully saturated rings. The van der Waals surface area contributed by atoms with Gasteiger partial charge in [-0.15, -0.1) is 0 Å². The molecule has 0 radical (unpaired) electrons. The maximum absolute atomic E-state index is 11.1. The second-order valence-corrected chi connectivity index (χ2v) is 2.31. The van der Waals surface area contributed by atoms with Gasteiger partial charge in [-0.2, -0.15) is 0 Å². The summed E-state index contributed by atoms with van der Waals surface area (Å²) in [5.74, 6) is 0. The Morgan fingerprint density at radius 1 is 1.50 bits per heavy atom. The van der Waals surface area contributed by atoms with Gasteiger partial charge in [0, 0.05) is 0 Å². The van der Waals surface area contributed by atoms with Gasteiger partial charge in [0.2, 0.25) is 0 Å². The van der Waals surface area contributed by atoms with Crippen LogP contribution in [0.5, 0.6) is 0 Å². The Balaban J connectivity index is 2.63. The third-order valence-corrected chi connectivity index (χ3v) is 1.60. The molecule has 70 valence electrons. The molecular weight excluding hydrogens is 166 g/mol. The van der Waals surface area contributed by atoms with Crippen LogP contribution in [0.4, 0.5) is 4.79 Å². The number of hydrogen-bond acceptors (Lipinski definition) is 5. The van der Waals surface area contributed by atoms with E-state index in [1.165, 1.54) is 0 Å². The van der Waals surface area contributed by atoms with E-state index in [0.717, 1.165) is 9.80 Å². The van der Waals surface area contributed by atoms with Gasteiger partial charge in [-0.05, 0) is 0 Å². The first-order valence-corrected chi connectivity index (χ1v) is 3.39. The minimum Gasteiger partial charge on any atom is -0.376 e. The number of aliphatic hydroxyl groups excluding tert-OH is 3. The lowest BCUT2D eigenvalue weighted by atomic mass is 10.5. The zero-order valence-electron chi connectivity index (χ0n) is 6.34. The molecule has 0 aromatic rings. The molecule has 0 bridgehead atoms. The summed E-state index contributed by atoms with van der Waals surface area (Å²) in [5, 5.41) is 28.8. The van der Waals surface area contributed by atoms with Crippen molar-refractivity contribution in [3.63, 3.8) is 0 Å². The number of nitrogens with zero attached hydrogens (tertiary/aromatic N) is 2. The summed E-state index contributed by atoms with van der Waals surface area (Å²) >= 11 is 0. The molecule has 0 aliphatic carbocycles. The van der Waals surface area contributed by atoms with Gasteiger partial charge in [-0.25, -0.2) is 4.79 Å². The third kappa shape index (κ3) is 1.48. The smallest absolute Gasteiger partial charge is 0.327 e. The molecule has 1 heterocycles. The van der Waals surface area contributed by atoms with Gasteiger partial charge in [-0.3, -0.25) is 15.1 Å². The zero-order valence-corrected chi connectivity index (χ0v) is 6.34. The van der Waals surface area contributed by atoms with Gasteiger partial charge < -0.3 is 15.3 Å². The van der Waals surface area contributed by atoms with Gasteiger partial charge in [0.05, 0.1) is 6.67 Å². The summed E-state index contributed by atoms with van der Waals surface area (Å²) in [7, 11) is 0. The molecule has 1 rings (SSSR count). The van der Waals surface area contributed by atoms with Crippen molar-refractivity contribution in [2.75, 3.05) is 20.1 Å². The van der Waals surface area contributed by atoms with Crippen LogP contribution in [-0.2, 0) is 0 Å². The number of hydrogen-bond donors (Lipinski definition) is 4. The normalized spacial score (nSPS) is 24.9. The summed E-state index contributed by atoms with van der Waals surface area (Å²) in [4.78, 5) is 12.9. The summed E-state index contributed by atoms with van der Waals surface area (Å²) in [6.07, 6.45) is -1.19. The summed E-state index contributed by atoms with van der Waals surface area (Å²) in [5.41, 5.74) is 0. The Morgan fingerprint density at radius 2 is 2.17 bits per heavy atom. The van der Waals surface area contributed by atoms with Crippen molar-refractivity contribution in [2.45, 2.75) is 6.35 Å². The molecule has 12 heavy (non-hydrogen) atoms. The van der Waals surface area contributed by atoms with Crippen LogP contribution in [0.25, 0.3) is 0 Å². The molecule has 7 nitrogen and oxygen atoms in total. The van der Waals surface area contributed by atoms with Gasteiger partial charge in [0.25, 0.3) is 0 Å². The van der Waals surface area contributed by atoms with Crippen molar-refractivity contribution in [2.24, 2.45) is 0 Å². The molecule has 1 aliphatic rings. The van der Waals surface area contributed by atoms with Gasteiger partial charge in [-0.1, -0.05) is 0 Å². The van der Waals surface area contributed by atoms with E-state index in [2.05, 4.69) is 5.32 Å². The van der Waals surface area contributed by atoms with E-state index in [1.54, 1.807) is 0 Å². The Labute approximate surface area is 68.8 Å². The highest BCUT2D eigenvalue weighted by atomic mass is 16.3. The second-order valence-electron chi connectivity index (χ2n) is 2.31. The van der Waals surface area contributed by atoms with Crippen LogP contribution >= 0.6 is 0 Å². The predicted molar refractivity (Wildman–Crippen MR) is 37.3 cm³/mol. The van der Waals surface area contributed by atoms with Crippen LogP contribution in [0.2, 0.25) is 0 Å². The first-order chi connectivity index (χ1) is 5.70. The number of aliphatic hydroxyl groups is 3. The Bertz CT molecular complexity index is 176. The molecule has 0 saturated carbocycles. The maximum Gasteiger partial charge on any atom is 0.327 e. The lowest BCUT2D eigenvalue weighted by Crippen LogP contribution is -2.62. The van der Waals surface area contributed by atoms with Crippen LogP contribution in [0.3, 0.4) is 0 Å². The number of amides is 2. The summed E-state index contributed by atoms with van der Waals surface area (Å²) < 4.78 is 0. The molecule has 0 aromatic heterocycles. The highest BCUT2D eigenvalue weighted by molar-refractivity contribution is 5.74. The SMILES string of the molecule is O=C1N(CO)CNC(O)N1CO. The highest BCUT2D eigenvalue weighted by Gasteiger charge is 2.30. The molecule has 4 N–H and O–H groups in total. The number of nitrogens with one attached hydrogen (secondary N) is 1. The van der Waals surface area contributed by atoms with E-state index in [0.29, 0.717) is 0 Å². The lowest BCUT2D eigenvalue weighted by Gasteiger charge is -2.37. The molecule has 7 heteroatoms. The standard InChI is InChI=1S/C5H11N3O4/c9-2-7-1-6-4(11)8(3-10)5(7)12/h4,6,9-11H,1-3H2. The monoisotopic (exact) mass is 177 g/mol. The van der Waals surface area contributed by atoms with E-state index in [-0.39, 0.29) is 6.67 Å². The lowest BCUT2D eigenvalue weighted by molar-refractivity contribution is -0.0808. The quantitative estimate of drug-likeness (QED) is 0.372. The fourth-order valence-electron chi connectivity index (χ4n) is 0.904. The van der Waals surface area contributed by atoms with Gasteiger partial charge >= 0.3 is 6.03 Å². The third-order valence-electron chi connectivity index (χ3n) is 1.60. The molecular formula is C5H11N3O4. The van der Waals surface area contributed by atoms with Crippen LogP contribution < -0.4 is 5.32 Å². The van der Waals surface area contributed by atoms with Crippen molar-refractivity contribution in [1.82, 2.24) is 15.1 Å². The second kappa shape index (κ2) is 3.68. The predicted octanol–water partition coefficient (Wildman–Crippen LogP) is -2.55. The minimum absolute atomic E-state index is 0.0625. The number of carbonyl (C=O) groups is 1. The fraction of sp³-hybridized carbons (Fsp3) is 0.800. The first-order valence-electron chi connectivity index (χ1n) is 3.39. The molecule has 1 atom stereocenters. The Hall–Kier alpha value is -0.890. The van der Waals surface area contributed by atoms with Crippen molar-refractivity contribution in [1.29, 1.82) is 0 Å². The number of carbonyl (C=O) groups excluding carboxylic acids is 1. The first kappa shape index (κ1) is 9.20. The number of urea groups is 1. The summed E-state index contributed by atoms with van der Waals surface area (Å²) in [6.45, 7) is -0.981. The molecule has 1 aliphatic heterocycles. The van der Waals surface area contributed by atoms with E-state index >= 15 is 0 Å². The van der Waals surface area contributed by atoms with Crippen molar-refractivity contribution in [3.05, 3.63) is 0 Å². The Morgan fingerprint density at radius 3 is 2.67 bits per heavy atom. The number of rotatable bonds is 2. The van der Waals surface area contributed by atoms with Gasteiger partial charge in [0.1, 0.15) is 13.5 Å². The van der Waals surface area contributed by atoms with Gasteiger partial charge in [0.15, 0.2) is 6.35 Å².